The Balaban J connectivity index is 2.25. The molecule has 96 valence electrons. The highest BCUT2D eigenvalue weighted by atomic mass is 79.9. The Bertz CT molecular complexity index is 512. The highest BCUT2D eigenvalue weighted by Gasteiger charge is 2.15. The van der Waals surface area contributed by atoms with Gasteiger partial charge in [-0.1, -0.05) is 38.1 Å². The zero-order valence-electron chi connectivity index (χ0n) is 10.1. The van der Waals surface area contributed by atoms with Gasteiger partial charge in [0.25, 0.3) is 0 Å². The van der Waals surface area contributed by atoms with E-state index in [2.05, 4.69) is 76.0 Å². The van der Waals surface area contributed by atoms with E-state index in [9.17, 15) is 0 Å². The Hall–Kier alpha value is 0.170. The number of alkyl halides is 1. The maximum atomic E-state index is 6.52. The Morgan fingerprint density at radius 2 is 1.61 bits per heavy atom. The summed E-state index contributed by atoms with van der Waals surface area (Å²) in [5, 5.41) is -0.0844. The molecule has 0 N–H and O–H groups in total. The van der Waals surface area contributed by atoms with Gasteiger partial charge >= 0.3 is 0 Å². The Labute approximate surface area is 134 Å². The quantitative estimate of drug-likeness (QED) is 0.494. The van der Waals surface area contributed by atoms with E-state index in [0.717, 1.165) is 18.7 Å². The van der Waals surface area contributed by atoms with Crippen LogP contribution in [0.25, 0.3) is 0 Å². The van der Waals surface area contributed by atoms with Gasteiger partial charge in [-0.05, 0) is 55.0 Å². The molecule has 0 fully saturated rings. The molecule has 0 radical (unpaired) electrons. The lowest BCUT2D eigenvalue weighted by molar-refractivity contribution is 0.865. The van der Waals surface area contributed by atoms with E-state index < -0.39 is 0 Å². The van der Waals surface area contributed by atoms with Crippen LogP contribution in [0.4, 0.5) is 0 Å². The molecule has 4 heteroatoms. The van der Waals surface area contributed by atoms with Crippen LogP contribution in [-0.4, -0.2) is 0 Å². The van der Waals surface area contributed by atoms with Crippen LogP contribution < -0.4 is 0 Å². The molecule has 0 aliphatic carbocycles. The topological polar surface area (TPSA) is 0 Å². The summed E-state index contributed by atoms with van der Waals surface area (Å²) >= 11 is 15.2. The molecule has 0 aliphatic heterocycles. The van der Waals surface area contributed by atoms with Gasteiger partial charge < -0.3 is 0 Å². The van der Waals surface area contributed by atoms with Crippen molar-refractivity contribution in [2.75, 3.05) is 0 Å². The van der Waals surface area contributed by atoms with Crippen LogP contribution in [0.15, 0.2) is 38.6 Å². The van der Waals surface area contributed by atoms with Crippen LogP contribution in [0.1, 0.15) is 41.1 Å². The van der Waals surface area contributed by atoms with Crippen molar-refractivity contribution in [3.8, 4) is 0 Å². The molecule has 2 aromatic rings. The third-order valence-corrected chi connectivity index (χ3v) is 6.75. The highest BCUT2D eigenvalue weighted by molar-refractivity contribution is 9.13. The van der Waals surface area contributed by atoms with Gasteiger partial charge in [0, 0.05) is 9.35 Å². The van der Waals surface area contributed by atoms with Crippen LogP contribution in [0, 0.1) is 0 Å². The van der Waals surface area contributed by atoms with E-state index in [-0.39, 0.29) is 5.38 Å². The van der Waals surface area contributed by atoms with E-state index in [1.165, 1.54) is 5.56 Å². The van der Waals surface area contributed by atoms with Crippen LogP contribution in [0.2, 0.25) is 0 Å². The molecule has 1 aromatic heterocycles. The summed E-state index contributed by atoms with van der Waals surface area (Å²) in [4.78, 5) is 1.15. The fraction of sp³-hybridized carbons (Fsp3) is 0.286. The summed E-state index contributed by atoms with van der Waals surface area (Å²) in [6, 6.07) is 10.6. The van der Waals surface area contributed by atoms with E-state index >= 15 is 0 Å². The molecule has 0 bridgehead atoms. The van der Waals surface area contributed by atoms with E-state index in [4.69, 9.17) is 11.6 Å². The SMILES string of the molecule is CC(C)c1ccc(C(Cl)c2cc(Br)c(Br)s2)cc1. The predicted molar refractivity (Wildman–Crippen MR) is 87.9 cm³/mol. The molecule has 1 heterocycles. The minimum absolute atomic E-state index is 0.0844. The zero-order chi connectivity index (χ0) is 13.3. The first-order chi connectivity index (χ1) is 8.49. The normalized spacial score (nSPS) is 13.0. The van der Waals surface area contributed by atoms with Gasteiger partial charge in [-0.2, -0.15) is 0 Å². The van der Waals surface area contributed by atoms with Gasteiger partial charge in [0.1, 0.15) is 0 Å². The van der Waals surface area contributed by atoms with Crippen molar-refractivity contribution in [2.24, 2.45) is 0 Å². The second-order valence-corrected chi connectivity index (χ2v) is 8.15. The van der Waals surface area contributed by atoms with Crippen LogP contribution >= 0.6 is 54.8 Å². The van der Waals surface area contributed by atoms with Crippen molar-refractivity contribution in [3.63, 3.8) is 0 Å². The first-order valence-corrected chi connectivity index (χ1v) is 8.51. The predicted octanol–water partition coefficient (Wildman–Crippen LogP) is 6.72. The molecule has 0 amide bonds. The van der Waals surface area contributed by atoms with E-state index in [0.29, 0.717) is 5.92 Å². The van der Waals surface area contributed by atoms with Crippen molar-refractivity contribution in [2.45, 2.75) is 25.1 Å². The van der Waals surface area contributed by atoms with Crippen molar-refractivity contribution in [3.05, 3.63) is 54.6 Å². The maximum Gasteiger partial charge on any atom is 0.0928 e. The lowest BCUT2D eigenvalue weighted by Gasteiger charge is -2.10. The average molecular weight is 409 g/mol. The van der Waals surface area contributed by atoms with Gasteiger partial charge in [-0.25, -0.2) is 0 Å². The van der Waals surface area contributed by atoms with E-state index in [1.54, 1.807) is 11.3 Å². The van der Waals surface area contributed by atoms with Crippen molar-refractivity contribution in [1.82, 2.24) is 0 Å². The molecule has 0 aliphatic rings. The summed E-state index contributed by atoms with van der Waals surface area (Å²) in [5.74, 6) is 0.554. The van der Waals surface area contributed by atoms with Gasteiger partial charge in [0.2, 0.25) is 0 Å². The molecule has 18 heavy (non-hydrogen) atoms. The van der Waals surface area contributed by atoms with Crippen LogP contribution in [0.3, 0.4) is 0 Å². The average Bonchev–Trinajstić information content (AvgIpc) is 2.69. The molecule has 2 rings (SSSR count). The number of rotatable bonds is 3. The molecule has 1 unspecified atom stereocenters. The molecule has 1 atom stereocenters. The van der Waals surface area contributed by atoms with Gasteiger partial charge in [0.15, 0.2) is 0 Å². The molecular weight excluding hydrogens is 395 g/mol. The third-order valence-electron chi connectivity index (χ3n) is 2.81. The van der Waals surface area contributed by atoms with Crippen molar-refractivity contribution in [1.29, 1.82) is 0 Å². The monoisotopic (exact) mass is 406 g/mol. The molecular formula is C14H13Br2ClS. The van der Waals surface area contributed by atoms with E-state index in [1.807, 2.05) is 0 Å². The van der Waals surface area contributed by atoms with Crippen molar-refractivity contribution >= 4 is 54.8 Å². The fourth-order valence-corrected chi connectivity index (χ4v) is 4.14. The van der Waals surface area contributed by atoms with Crippen LogP contribution in [0.5, 0.6) is 0 Å². The Morgan fingerprint density at radius 1 is 1.06 bits per heavy atom. The highest BCUT2D eigenvalue weighted by Crippen LogP contribution is 2.40. The molecule has 0 saturated heterocycles. The molecule has 1 aromatic carbocycles. The summed E-state index contributed by atoms with van der Waals surface area (Å²) in [7, 11) is 0. The lowest BCUT2D eigenvalue weighted by Crippen LogP contribution is -1.92. The third kappa shape index (κ3) is 3.19. The molecule has 0 saturated carbocycles. The molecule has 0 spiro atoms. The summed E-state index contributed by atoms with van der Waals surface area (Å²) in [6.07, 6.45) is 0. The standard InChI is InChI=1S/C14H13Br2ClS/c1-8(2)9-3-5-10(6-4-9)13(17)12-7-11(15)14(16)18-12/h3-8,13H,1-2H3. The minimum Gasteiger partial charge on any atom is -0.130 e. The summed E-state index contributed by atoms with van der Waals surface area (Å²) in [6.45, 7) is 4.39. The summed E-state index contributed by atoms with van der Waals surface area (Å²) < 4.78 is 2.15. The van der Waals surface area contributed by atoms with Gasteiger partial charge in [0.05, 0.1) is 9.16 Å². The largest absolute Gasteiger partial charge is 0.130 e. The van der Waals surface area contributed by atoms with Gasteiger partial charge in [-0.3, -0.25) is 0 Å². The number of benzene rings is 1. The zero-order valence-corrected chi connectivity index (χ0v) is 14.8. The number of halogens is 3. The maximum absolute atomic E-state index is 6.52. The Morgan fingerprint density at radius 3 is 2.06 bits per heavy atom. The first kappa shape index (κ1) is 14.6. The number of thiophene rings is 1. The Kier molecular flexibility index (Phi) is 4.92. The fourth-order valence-electron chi connectivity index (χ4n) is 1.70. The second-order valence-electron chi connectivity index (χ2n) is 4.45. The lowest BCUT2D eigenvalue weighted by atomic mass is 10.0. The van der Waals surface area contributed by atoms with Crippen molar-refractivity contribution < 1.29 is 0 Å². The minimum atomic E-state index is -0.0844. The van der Waals surface area contributed by atoms with Gasteiger partial charge in [-0.15, -0.1) is 22.9 Å². The first-order valence-electron chi connectivity index (χ1n) is 5.67. The van der Waals surface area contributed by atoms with Crippen LogP contribution in [-0.2, 0) is 0 Å². The second kappa shape index (κ2) is 6.08. The smallest absolute Gasteiger partial charge is 0.0928 e. The summed E-state index contributed by atoms with van der Waals surface area (Å²) in [5.41, 5.74) is 2.48. The molecule has 0 nitrogen and oxygen atoms in total. The number of hydrogen-bond acceptors (Lipinski definition) is 1. The number of hydrogen-bond donors (Lipinski definition) is 0.